The summed E-state index contributed by atoms with van der Waals surface area (Å²) in [5.74, 6) is 0. The molecule has 1 heterocycles. The minimum atomic E-state index is 1.11. The molecular weight excluding hydrogens is 226 g/mol. The maximum atomic E-state index is 3.55. The topological polar surface area (TPSA) is 12.0 Å². The van der Waals surface area contributed by atoms with Gasteiger partial charge in [-0.2, -0.15) is 0 Å². The summed E-state index contributed by atoms with van der Waals surface area (Å²) in [4.78, 5) is 0. The van der Waals surface area contributed by atoms with Gasteiger partial charge in [0.25, 0.3) is 0 Å². The van der Waals surface area contributed by atoms with Crippen LogP contribution in [0.15, 0.2) is 16.6 Å². The van der Waals surface area contributed by atoms with E-state index < -0.39 is 0 Å². The third-order valence-electron chi connectivity index (χ3n) is 2.57. The summed E-state index contributed by atoms with van der Waals surface area (Å²) in [7, 11) is 0. The van der Waals surface area contributed by atoms with Gasteiger partial charge in [-0.15, -0.1) is 0 Å². The second-order valence-corrected chi connectivity index (χ2v) is 4.40. The minimum absolute atomic E-state index is 1.11. The number of fused-ring (bicyclic) bond motifs is 1. The standard InChI is InChI=1S/C11H14BrN/c1-2-8-6-10(12)7-9-4-3-5-13-11(8)9/h6-7,13H,2-5H2,1H3. The van der Waals surface area contributed by atoms with Gasteiger partial charge in [0.1, 0.15) is 0 Å². The normalized spacial score (nSPS) is 14.9. The van der Waals surface area contributed by atoms with E-state index in [4.69, 9.17) is 0 Å². The minimum Gasteiger partial charge on any atom is -0.385 e. The van der Waals surface area contributed by atoms with E-state index in [0.29, 0.717) is 0 Å². The van der Waals surface area contributed by atoms with Crippen molar-refractivity contribution >= 4 is 21.6 Å². The maximum Gasteiger partial charge on any atom is 0.0405 e. The van der Waals surface area contributed by atoms with Gasteiger partial charge < -0.3 is 5.32 Å². The fourth-order valence-electron chi connectivity index (χ4n) is 1.92. The highest BCUT2D eigenvalue weighted by atomic mass is 79.9. The number of rotatable bonds is 1. The Bertz CT molecular complexity index is 303. The zero-order chi connectivity index (χ0) is 9.26. The number of benzene rings is 1. The lowest BCUT2D eigenvalue weighted by molar-refractivity contribution is 0.823. The summed E-state index contributed by atoms with van der Waals surface area (Å²) < 4.78 is 1.21. The highest BCUT2D eigenvalue weighted by Crippen LogP contribution is 2.30. The molecule has 0 radical (unpaired) electrons. The first-order chi connectivity index (χ1) is 6.31. The van der Waals surface area contributed by atoms with Crippen LogP contribution in [0.2, 0.25) is 0 Å². The molecule has 0 unspecified atom stereocenters. The van der Waals surface area contributed by atoms with Crippen LogP contribution in [0.4, 0.5) is 5.69 Å². The smallest absolute Gasteiger partial charge is 0.0405 e. The van der Waals surface area contributed by atoms with Gasteiger partial charge in [-0.1, -0.05) is 22.9 Å². The Hall–Kier alpha value is -0.500. The van der Waals surface area contributed by atoms with Crippen molar-refractivity contribution < 1.29 is 0 Å². The first kappa shape index (κ1) is 9.07. The monoisotopic (exact) mass is 239 g/mol. The van der Waals surface area contributed by atoms with Crippen molar-refractivity contribution in [3.8, 4) is 0 Å². The lowest BCUT2D eigenvalue weighted by Gasteiger charge is -2.21. The first-order valence-electron chi connectivity index (χ1n) is 4.86. The summed E-state index contributed by atoms with van der Waals surface area (Å²) in [5.41, 5.74) is 4.29. The molecule has 1 N–H and O–H groups in total. The van der Waals surface area contributed by atoms with Gasteiger partial charge in [0, 0.05) is 16.7 Å². The van der Waals surface area contributed by atoms with E-state index in [0.717, 1.165) is 13.0 Å². The molecule has 1 nitrogen and oxygen atoms in total. The molecule has 1 aromatic carbocycles. The van der Waals surface area contributed by atoms with E-state index in [1.807, 2.05) is 0 Å². The van der Waals surface area contributed by atoms with E-state index in [1.54, 1.807) is 0 Å². The van der Waals surface area contributed by atoms with Crippen molar-refractivity contribution in [2.45, 2.75) is 26.2 Å². The number of aryl methyl sites for hydroxylation is 2. The highest BCUT2D eigenvalue weighted by molar-refractivity contribution is 9.10. The lowest BCUT2D eigenvalue weighted by atomic mass is 9.98. The molecule has 1 aliphatic heterocycles. The number of nitrogens with one attached hydrogen (secondary N) is 1. The third-order valence-corrected chi connectivity index (χ3v) is 3.03. The van der Waals surface area contributed by atoms with Crippen molar-refractivity contribution in [3.05, 3.63) is 27.7 Å². The summed E-state index contributed by atoms with van der Waals surface area (Å²) in [5, 5.41) is 3.49. The largest absolute Gasteiger partial charge is 0.385 e. The predicted molar refractivity (Wildman–Crippen MR) is 60.3 cm³/mol. The number of hydrogen-bond donors (Lipinski definition) is 1. The quantitative estimate of drug-likeness (QED) is 0.793. The molecule has 0 aromatic heterocycles. The van der Waals surface area contributed by atoms with Crippen LogP contribution < -0.4 is 5.32 Å². The van der Waals surface area contributed by atoms with Gasteiger partial charge in [0.15, 0.2) is 0 Å². The molecule has 1 aliphatic rings. The highest BCUT2D eigenvalue weighted by Gasteiger charge is 2.12. The molecule has 0 fully saturated rings. The fraction of sp³-hybridized carbons (Fsp3) is 0.455. The van der Waals surface area contributed by atoms with Crippen LogP contribution in [0.3, 0.4) is 0 Å². The summed E-state index contributed by atoms with van der Waals surface area (Å²) in [6.45, 7) is 3.33. The average Bonchev–Trinajstić information content (AvgIpc) is 2.16. The van der Waals surface area contributed by atoms with Gasteiger partial charge in [-0.3, -0.25) is 0 Å². The molecule has 0 saturated heterocycles. The van der Waals surface area contributed by atoms with E-state index in [-0.39, 0.29) is 0 Å². The van der Waals surface area contributed by atoms with Crippen LogP contribution in [0.25, 0.3) is 0 Å². The molecule has 13 heavy (non-hydrogen) atoms. The van der Waals surface area contributed by atoms with Crippen molar-refractivity contribution in [2.24, 2.45) is 0 Å². The van der Waals surface area contributed by atoms with Gasteiger partial charge >= 0.3 is 0 Å². The van der Waals surface area contributed by atoms with Gasteiger partial charge in [0.2, 0.25) is 0 Å². The molecule has 2 rings (SSSR count). The Kier molecular flexibility index (Phi) is 2.58. The Morgan fingerprint density at radius 1 is 1.46 bits per heavy atom. The third kappa shape index (κ3) is 1.73. The van der Waals surface area contributed by atoms with Crippen LogP contribution >= 0.6 is 15.9 Å². The molecule has 0 amide bonds. The molecule has 70 valence electrons. The van der Waals surface area contributed by atoms with Crippen LogP contribution in [0.5, 0.6) is 0 Å². The molecule has 0 atom stereocenters. The van der Waals surface area contributed by atoms with Crippen LogP contribution in [-0.4, -0.2) is 6.54 Å². The van der Waals surface area contributed by atoms with E-state index in [2.05, 4.69) is 40.3 Å². The Morgan fingerprint density at radius 3 is 3.08 bits per heavy atom. The Balaban J connectivity index is 2.50. The zero-order valence-corrected chi connectivity index (χ0v) is 9.45. The van der Waals surface area contributed by atoms with Crippen molar-refractivity contribution in [1.82, 2.24) is 0 Å². The van der Waals surface area contributed by atoms with E-state index >= 15 is 0 Å². The van der Waals surface area contributed by atoms with Gasteiger partial charge in [-0.25, -0.2) is 0 Å². The Morgan fingerprint density at radius 2 is 2.31 bits per heavy atom. The predicted octanol–water partition coefficient (Wildman–Crippen LogP) is 3.37. The molecular formula is C11H14BrN. The van der Waals surface area contributed by atoms with Crippen molar-refractivity contribution in [2.75, 3.05) is 11.9 Å². The van der Waals surface area contributed by atoms with Crippen LogP contribution in [-0.2, 0) is 12.8 Å². The molecule has 0 saturated carbocycles. The second-order valence-electron chi connectivity index (χ2n) is 3.48. The average molecular weight is 240 g/mol. The SMILES string of the molecule is CCc1cc(Br)cc2c1NCCC2. The molecule has 0 aliphatic carbocycles. The summed E-state index contributed by atoms with van der Waals surface area (Å²) in [6, 6.07) is 4.46. The fourth-order valence-corrected chi connectivity index (χ4v) is 2.47. The van der Waals surface area contributed by atoms with Crippen molar-refractivity contribution in [3.63, 3.8) is 0 Å². The second kappa shape index (κ2) is 3.70. The van der Waals surface area contributed by atoms with Gasteiger partial charge in [-0.05, 0) is 42.5 Å². The van der Waals surface area contributed by atoms with Gasteiger partial charge in [0.05, 0.1) is 0 Å². The maximum absolute atomic E-state index is 3.55. The lowest BCUT2D eigenvalue weighted by Crippen LogP contribution is -2.13. The van der Waals surface area contributed by atoms with Crippen molar-refractivity contribution in [1.29, 1.82) is 0 Å². The Labute approximate surface area is 87.7 Å². The molecule has 1 aromatic rings. The molecule has 2 heteroatoms. The van der Waals surface area contributed by atoms with E-state index in [1.165, 1.54) is 34.1 Å². The number of anilines is 1. The molecule has 0 bridgehead atoms. The first-order valence-corrected chi connectivity index (χ1v) is 5.65. The molecule has 0 spiro atoms. The number of hydrogen-bond acceptors (Lipinski definition) is 1. The van der Waals surface area contributed by atoms with Crippen LogP contribution in [0, 0.1) is 0 Å². The van der Waals surface area contributed by atoms with E-state index in [9.17, 15) is 0 Å². The summed E-state index contributed by atoms with van der Waals surface area (Å²) in [6.07, 6.45) is 3.58. The number of halogens is 1. The summed E-state index contributed by atoms with van der Waals surface area (Å²) >= 11 is 3.55. The zero-order valence-electron chi connectivity index (χ0n) is 7.86. The van der Waals surface area contributed by atoms with Crippen LogP contribution in [0.1, 0.15) is 24.5 Å².